The minimum Gasteiger partial charge on any atom is -0.494 e. The van der Waals surface area contributed by atoms with Gasteiger partial charge in [-0.25, -0.2) is 0 Å². The number of nitrogens with one attached hydrogen (secondary N) is 3. The third-order valence-corrected chi connectivity index (χ3v) is 6.86. The van der Waals surface area contributed by atoms with Crippen LogP contribution in [0.2, 0.25) is 0 Å². The van der Waals surface area contributed by atoms with Crippen LogP contribution in [0.1, 0.15) is 48.3 Å². The summed E-state index contributed by atoms with van der Waals surface area (Å²) in [6, 6.07) is 11.4. The Bertz CT molecular complexity index is 1360. The first kappa shape index (κ1) is 23.6. The molecule has 9 heteroatoms. The fourth-order valence-electron chi connectivity index (χ4n) is 5.25. The maximum Gasteiger partial charge on any atom is 0.270 e. The second-order valence-corrected chi connectivity index (χ2v) is 8.81. The number of ether oxygens (including phenoxy) is 4. The quantitative estimate of drug-likeness (QED) is 0.456. The molecule has 2 atom stereocenters. The van der Waals surface area contributed by atoms with E-state index in [2.05, 4.69) is 15.5 Å². The van der Waals surface area contributed by atoms with Crippen molar-refractivity contribution >= 4 is 11.6 Å². The molecule has 2 aliphatic rings. The number of allylic oxidation sites excluding steroid dienone is 2. The number of rotatable bonds is 7. The fourth-order valence-corrected chi connectivity index (χ4v) is 5.25. The normalized spacial score (nSPS) is 18.7. The van der Waals surface area contributed by atoms with Crippen LogP contribution in [0.4, 0.5) is 5.82 Å². The zero-order chi connectivity index (χ0) is 25.4. The molecule has 2 aromatic carbocycles. The van der Waals surface area contributed by atoms with Crippen LogP contribution < -0.4 is 29.8 Å². The van der Waals surface area contributed by atoms with Crippen molar-refractivity contribution in [2.24, 2.45) is 0 Å². The van der Waals surface area contributed by atoms with Crippen LogP contribution in [-0.4, -0.2) is 43.9 Å². The Kier molecular flexibility index (Phi) is 6.22. The molecule has 0 saturated heterocycles. The number of fused-ring (bicyclic) bond motifs is 1. The van der Waals surface area contributed by atoms with Gasteiger partial charge in [0.05, 0.1) is 33.5 Å². The molecule has 188 valence electrons. The monoisotopic (exact) mass is 491 g/mol. The summed E-state index contributed by atoms with van der Waals surface area (Å²) >= 11 is 0. The van der Waals surface area contributed by atoms with Crippen molar-refractivity contribution in [2.45, 2.75) is 31.6 Å². The molecule has 3 N–H and O–H groups in total. The van der Waals surface area contributed by atoms with Gasteiger partial charge >= 0.3 is 0 Å². The Labute approximate surface area is 208 Å². The molecule has 0 radical (unpaired) electrons. The molecule has 2 unspecified atom stereocenters. The molecule has 36 heavy (non-hydrogen) atoms. The topological polar surface area (TPSA) is 115 Å². The van der Waals surface area contributed by atoms with Crippen LogP contribution in [0, 0.1) is 0 Å². The number of methoxy groups -OCH3 is 3. The molecule has 1 aliphatic heterocycles. The standard InChI is InChI=1S/C27H29N3O6/c1-5-36-17-8-6-14(7-9-17)22-23-18(28-26-24(22)27(32)30-29-26)10-15(11-19(23)31)16-12-20(33-2)25(35-4)21(13-16)34-3/h6-9,12-13,15,22H,5,10-11H2,1-4H3,(H3,28,29,30,32). The van der Waals surface area contributed by atoms with Crippen molar-refractivity contribution < 1.29 is 23.7 Å². The average Bonchev–Trinajstić information content (AvgIpc) is 3.27. The van der Waals surface area contributed by atoms with Crippen LogP contribution in [-0.2, 0) is 4.79 Å². The van der Waals surface area contributed by atoms with Crippen molar-refractivity contribution in [2.75, 3.05) is 33.3 Å². The number of benzene rings is 2. The molecule has 2 heterocycles. The second-order valence-electron chi connectivity index (χ2n) is 8.81. The summed E-state index contributed by atoms with van der Waals surface area (Å²) in [5.74, 6) is 2.32. The Balaban J connectivity index is 1.57. The Morgan fingerprint density at radius 3 is 2.19 bits per heavy atom. The summed E-state index contributed by atoms with van der Waals surface area (Å²) in [7, 11) is 4.70. The highest BCUT2D eigenvalue weighted by molar-refractivity contribution is 6.01. The maximum atomic E-state index is 13.7. The van der Waals surface area contributed by atoms with Crippen molar-refractivity contribution in [3.05, 3.63) is 74.7 Å². The van der Waals surface area contributed by atoms with Gasteiger partial charge in [-0.1, -0.05) is 12.1 Å². The molecular formula is C27H29N3O6. The van der Waals surface area contributed by atoms with E-state index in [-0.39, 0.29) is 17.3 Å². The lowest BCUT2D eigenvalue weighted by Gasteiger charge is -2.34. The molecule has 0 spiro atoms. The minimum absolute atomic E-state index is 0.00682. The number of hydrogen-bond acceptors (Lipinski definition) is 7. The number of carbonyl (C=O) groups excluding carboxylic acids is 1. The Morgan fingerprint density at radius 1 is 0.889 bits per heavy atom. The Morgan fingerprint density at radius 2 is 1.58 bits per heavy atom. The second kappa shape index (κ2) is 9.49. The van der Waals surface area contributed by atoms with Crippen LogP contribution in [0.3, 0.4) is 0 Å². The lowest BCUT2D eigenvalue weighted by Crippen LogP contribution is -2.31. The number of aromatic nitrogens is 2. The van der Waals surface area contributed by atoms with Gasteiger partial charge in [0.25, 0.3) is 5.56 Å². The van der Waals surface area contributed by atoms with Gasteiger partial charge in [-0.15, -0.1) is 0 Å². The van der Waals surface area contributed by atoms with Gasteiger partial charge < -0.3 is 24.3 Å². The van der Waals surface area contributed by atoms with Gasteiger partial charge in [0.1, 0.15) is 11.6 Å². The molecule has 1 aliphatic carbocycles. The van der Waals surface area contributed by atoms with Crippen LogP contribution in [0.25, 0.3) is 0 Å². The van der Waals surface area contributed by atoms with Gasteiger partial charge in [0, 0.05) is 23.6 Å². The van der Waals surface area contributed by atoms with E-state index in [9.17, 15) is 9.59 Å². The van der Waals surface area contributed by atoms with E-state index in [0.717, 1.165) is 22.6 Å². The first-order valence-electron chi connectivity index (χ1n) is 11.8. The first-order chi connectivity index (χ1) is 17.5. The van der Waals surface area contributed by atoms with Crippen molar-refractivity contribution in [3.8, 4) is 23.0 Å². The van der Waals surface area contributed by atoms with Gasteiger partial charge in [-0.05, 0) is 54.7 Å². The number of Topliss-reactive ketones (excluding diaryl/α,β-unsaturated/α-hetero) is 1. The van der Waals surface area contributed by atoms with Crippen molar-refractivity contribution in [1.29, 1.82) is 0 Å². The number of H-pyrrole nitrogens is 2. The summed E-state index contributed by atoms with van der Waals surface area (Å²) in [5, 5.41) is 8.93. The molecule has 0 amide bonds. The van der Waals surface area contributed by atoms with E-state index >= 15 is 0 Å². The fraction of sp³-hybridized carbons (Fsp3) is 0.333. The van der Waals surface area contributed by atoms with E-state index in [1.807, 2.05) is 43.3 Å². The summed E-state index contributed by atoms with van der Waals surface area (Å²) in [5.41, 5.74) is 3.46. The van der Waals surface area contributed by atoms with E-state index in [1.165, 1.54) is 0 Å². The molecule has 3 aromatic rings. The van der Waals surface area contributed by atoms with Gasteiger partial charge in [-0.2, -0.15) is 0 Å². The highest BCUT2D eigenvalue weighted by Crippen LogP contribution is 2.48. The molecule has 0 fully saturated rings. The number of anilines is 1. The van der Waals surface area contributed by atoms with E-state index < -0.39 is 5.92 Å². The molecule has 0 saturated carbocycles. The lowest BCUT2D eigenvalue weighted by atomic mass is 9.72. The van der Waals surface area contributed by atoms with E-state index in [4.69, 9.17) is 18.9 Å². The molecule has 9 nitrogen and oxygen atoms in total. The average molecular weight is 492 g/mol. The van der Waals surface area contributed by atoms with E-state index in [0.29, 0.717) is 53.7 Å². The predicted octanol–water partition coefficient (Wildman–Crippen LogP) is 4.09. The maximum absolute atomic E-state index is 13.7. The number of ketones is 1. The highest BCUT2D eigenvalue weighted by Gasteiger charge is 2.40. The summed E-state index contributed by atoms with van der Waals surface area (Å²) in [6.07, 6.45) is 0.879. The third-order valence-electron chi connectivity index (χ3n) is 6.86. The van der Waals surface area contributed by atoms with Gasteiger partial charge in [0.15, 0.2) is 17.3 Å². The molecular weight excluding hydrogens is 462 g/mol. The molecule has 5 rings (SSSR count). The Hall–Kier alpha value is -4.14. The zero-order valence-corrected chi connectivity index (χ0v) is 20.7. The summed E-state index contributed by atoms with van der Waals surface area (Å²) in [4.78, 5) is 26.5. The van der Waals surface area contributed by atoms with Crippen molar-refractivity contribution in [1.82, 2.24) is 10.2 Å². The van der Waals surface area contributed by atoms with Crippen LogP contribution >= 0.6 is 0 Å². The summed E-state index contributed by atoms with van der Waals surface area (Å²) in [6.45, 7) is 2.49. The number of carbonyl (C=O) groups is 1. The lowest BCUT2D eigenvalue weighted by molar-refractivity contribution is -0.116. The predicted molar refractivity (Wildman–Crippen MR) is 135 cm³/mol. The van der Waals surface area contributed by atoms with Crippen LogP contribution in [0.5, 0.6) is 23.0 Å². The highest BCUT2D eigenvalue weighted by atomic mass is 16.5. The SMILES string of the molecule is CCOc1ccc(C2C3=C(CC(c4cc(OC)c(OC)c(OC)c4)CC3=O)Nc3[nH][nH]c(=O)c32)cc1. The smallest absolute Gasteiger partial charge is 0.270 e. The zero-order valence-electron chi connectivity index (χ0n) is 20.7. The van der Waals surface area contributed by atoms with Crippen molar-refractivity contribution in [3.63, 3.8) is 0 Å². The first-order valence-corrected chi connectivity index (χ1v) is 11.8. The summed E-state index contributed by atoms with van der Waals surface area (Å²) < 4.78 is 22.1. The number of aromatic amines is 2. The van der Waals surface area contributed by atoms with Crippen LogP contribution in [0.15, 0.2) is 52.5 Å². The third kappa shape index (κ3) is 3.90. The molecule has 0 bridgehead atoms. The van der Waals surface area contributed by atoms with Gasteiger partial charge in [0.2, 0.25) is 5.75 Å². The molecule has 1 aromatic heterocycles. The number of hydrogen-bond donors (Lipinski definition) is 3. The van der Waals surface area contributed by atoms with Gasteiger partial charge in [-0.3, -0.25) is 19.8 Å². The van der Waals surface area contributed by atoms with E-state index in [1.54, 1.807) is 21.3 Å². The largest absolute Gasteiger partial charge is 0.494 e. The minimum atomic E-state index is -0.477.